The van der Waals surface area contributed by atoms with Crippen molar-refractivity contribution in [3.63, 3.8) is 0 Å². The quantitative estimate of drug-likeness (QED) is 0.533. The third-order valence-electron chi connectivity index (χ3n) is 4.47. The van der Waals surface area contributed by atoms with Gasteiger partial charge in [-0.3, -0.25) is 0 Å². The van der Waals surface area contributed by atoms with Crippen molar-refractivity contribution in [2.45, 2.75) is 19.9 Å². The molecular weight excluding hydrogens is 370 g/mol. The first-order valence-corrected chi connectivity index (χ1v) is 9.04. The number of fused-ring (bicyclic) bond motifs is 1. The van der Waals surface area contributed by atoms with Crippen molar-refractivity contribution in [3.8, 4) is 5.75 Å². The Morgan fingerprint density at radius 3 is 2.79 bits per heavy atom. The average molecular weight is 392 g/mol. The minimum absolute atomic E-state index is 0.125. The molecule has 3 rings (SSSR count). The Balaban J connectivity index is 1.79. The highest BCUT2D eigenvalue weighted by Gasteiger charge is 2.22. The van der Waals surface area contributed by atoms with Crippen LogP contribution in [0.4, 0.5) is 14.5 Å². The van der Waals surface area contributed by atoms with Crippen molar-refractivity contribution in [3.05, 3.63) is 52.9 Å². The minimum atomic E-state index is -1.02. The van der Waals surface area contributed by atoms with Crippen LogP contribution in [0, 0.1) is 11.6 Å². The number of rotatable bonds is 7. The highest BCUT2D eigenvalue weighted by atomic mass is 19.2. The predicted molar refractivity (Wildman–Crippen MR) is 98.7 cm³/mol. The molecule has 0 saturated heterocycles. The summed E-state index contributed by atoms with van der Waals surface area (Å²) >= 11 is 0. The number of anilines is 1. The van der Waals surface area contributed by atoms with Gasteiger partial charge in [0.2, 0.25) is 5.82 Å². The fourth-order valence-corrected chi connectivity index (χ4v) is 3.05. The van der Waals surface area contributed by atoms with Gasteiger partial charge in [-0.15, -0.1) is 0 Å². The molecule has 150 valence electrons. The Labute approximate surface area is 162 Å². The lowest BCUT2D eigenvalue weighted by Gasteiger charge is -2.31. The first kappa shape index (κ1) is 20.0. The molecule has 0 unspecified atom stereocenters. The molecule has 0 spiro atoms. The number of hydrogen-bond donors (Lipinski definition) is 0. The second-order valence-electron chi connectivity index (χ2n) is 6.31. The molecule has 1 aromatic carbocycles. The SMILES string of the molecule is CCOC(=O)c1cc2c(cn1)CN(c1cc(F)c(F)c(OCCOC)c1)CC2. The van der Waals surface area contributed by atoms with Crippen molar-refractivity contribution in [1.29, 1.82) is 0 Å². The normalized spacial score (nSPS) is 13.2. The van der Waals surface area contributed by atoms with Gasteiger partial charge in [0.05, 0.1) is 13.2 Å². The Morgan fingerprint density at radius 2 is 2.04 bits per heavy atom. The number of ether oxygens (including phenoxy) is 3. The van der Waals surface area contributed by atoms with E-state index in [0.717, 1.165) is 17.2 Å². The molecule has 0 radical (unpaired) electrons. The van der Waals surface area contributed by atoms with Gasteiger partial charge in [-0.1, -0.05) is 0 Å². The molecule has 8 heteroatoms. The van der Waals surface area contributed by atoms with Gasteiger partial charge in [0.15, 0.2) is 11.6 Å². The van der Waals surface area contributed by atoms with Crippen LogP contribution in [0.3, 0.4) is 0 Å². The van der Waals surface area contributed by atoms with Gasteiger partial charge >= 0.3 is 5.97 Å². The standard InChI is InChI=1S/C20H22F2N2O4/c1-3-27-20(25)17-8-13-4-5-24(12-14(13)11-23-17)15-9-16(21)19(22)18(10-15)28-7-6-26-2/h8-11H,3-7,12H2,1-2H3. The minimum Gasteiger partial charge on any atom is -0.488 e. The largest absolute Gasteiger partial charge is 0.488 e. The van der Waals surface area contributed by atoms with Crippen molar-refractivity contribution >= 4 is 11.7 Å². The van der Waals surface area contributed by atoms with E-state index in [1.54, 1.807) is 19.2 Å². The number of pyridine rings is 1. The van der Waals surface area contributed by atoms with Crippen LogP contribution >= 0.6 is 0 Å². The van der Waals surface area contributed by atoms with E-state index in [1.807, 2.05) is 4.90 Å². The molecular formula is C20H22F2N2O4. The monoisotopic (exact) mass is 392 g/mol. The maximum atomic E-state index is 14.0. The van der Waals surface area contributed by atoms with E-state index in [9.17, 15) is 13.6 Å². The second-order valence-corrected chi connectivity index (χ2v) is 6.31. The Hall–Kier alpha value is -2.74. The van der Waals surface area contributed by atoms with Gasteiger partial charge in [0.1, 0.15) is 12.3 Å². The summed E-state index contributed by atoms with van der Waals surface area (Å²) in [6, 6.07) is 4.37. The van der Waals surface area contributed by atoms with Gasteiger partial charge < -0.3 is 19.1 Å². The molecule has 28 heavy (non-hydrogen) atoms. The lowest BCUT2D eigenvalue weighted by atomic mass is 10.0. The number of hydrogen-bond acceptors (Lipinski definition) is 6. The molecule has 0 amide bonds. The van der Waals surface area contributed by atoms with Crippen LogP contribution in [0.15, 0.2) is 24.4 Å². The summed E-state index contributed by atoms with van der Waals surface area (Å²) in [5.41, 5.74) is 2.71. The molecule has 0 N–H and O–H groups in total. The number of methoxy groups -OCH3 is 1. The summed E-state index contributed by atoms with van der Waals surface area (Å²) in [5.74, 6) is -2.58. The zero-order valence-electron chi connectivity index (χ0n) is 15.8. The Morgan fingerprint density at radius 1 is 1.21 bits per heavy atom. The predicted octanol–water partition coefficient (Wildman–Crippen LogP) is 3.12. The van der Waals surface area contributed by atoms with Crippen molar-refractivity contribution < 1.29 is 27.8 Å². The highest BCUT2D eigenvalue weighted by Crippen LogP contribution is 2.31. The van der Waals surface area contributed by atoms with Gasteiger partial charge in [0.25, 0.3) is 0 Å². The van der Waals surface area contributed by atoms with E-state index in [4.69, 9.17) is 14.2 Å². The average Bonchev–Trinajstić information content (AvgIpc) is 2.70. The fourth-order valence-electron chi connectivity index (χ4n) is 3.05. The van der Waals surface area contributed by atoms with Crippen LogP contribution in [0.1, 0.15) is 28.5 Å². The van der Waals surface area contributed by atoms with E-state index in [0.29, 0.717) is 25.2 Å². The van der Waals surface area contributed by atoms with E-state index >= 15 is 0 Å². The van der Waals surface area contributed by atoms with Gasteiger partial charge in [0, 0.05) is 44.2 Å². The number of benzene rings is 1. The Kier molecular flexibility index (Phi) is 6.41. The molecule has 2 heterocycles. The number of nitrogens with zero attached hydrogens (tertiary/aromatic N) is 2. The van der Waals surface area contributed by atoms with Crippen LogP contribution in [-0.2, 0) is 22.4 Å². The van der Waals surface area contributed by atoms with E-state index in [1.165, 1.54) is 13.2 Å². The summed E-state index contributed by atoms with van der Waals surface area (Å²) in [6.45, 7) is 3.48. The van der Waals surface area contributed by atoms with Crippen LogP contribution in [0.25, 0.3) is 0 Å². The molecule has 0 aliphatic carbocycles. The first-order chi connectivity index (χ1) is 13.5. The van der Waals surface area contributed by atoms with E-state index in [-0.39, 0.29) is 31.3 Å². The summed E-state index contributed by atoms with van der Waals surface area (Å²) in [5, 5.41) is 0. The summed E-state index contributed by atoms with van der Waals surface area (Å²) in [7, 11) is 1.50. The molecule has 1 aliphatic rings. The van der Waals surface area contributed by atoms with E-state index in [2.05, 4.69) is 4.98 Å². The number of carbonyl (C=O) groups is 1. The summed E-state index contributed by atoms with van der Waals surface area (Å²) in [4.78, 5) is 17.9. The first-order valence-electron chi connectivity index (χ1n) is 9.04. The van der Waals surface area contributed by atoms with Crippen LogP contribution in [0.5, 0.6) is 5.75 Å². The zero-order valence-corrected chi connectivity index (χ0v) is 15.8. The van der Waals surface area contributed by atoms with Crippen molar-refractivity contribution in [2.75, 3.05) is 38.4 Å². The maximum absolute atomic E-state index is 14.0. The molecule has 0 saturated carbocycles. The van der Waals surface area contributed by atoms with Gasteiger partial charge in [-0.05, 0) is 30.5 Å². The molecule has 1 aliphatic heterocycles. The number of carbonyl (C=O) groups excluding carboxylic acids is 1. The number of esters is 1. The lowest BCUT2D eigenvalue weighted by molar-refractivity contribution is 0.0519. The summed E-state index contributed by atoms with van der Waals surface area (Å²) in [6.07, 6.45) is 2.27. The van der Waals surface area contributed by atoms with Crippen LogP contribution < -0.4 is 9.64 Å². The molecule has 0 fully saturated rings. The molecule has 2 aromatic rings. The van der Waals surface area contributed by atoms with Crippen LogP contribution in [0.2, 0.25) is 0 Å². The smallest absolute Gasteiger partial charge is 0.356 e. The topological polar surface area (TPSA) is 60.9 Å². The molecule has 0 atom stereocenters. The van der Waals surface area contributed by atoms with E-state index < -0.39 is 17.6 Å². The third kappa shape index (κ3) is 4.39. The highest BCUT2D eigenvalue weighted by molar-refractivity contribution is 5.87. The number of halogens is 2. The third-order valence-corrected chi connectivity index (χ3v) is 4.47. The molecule has 0 bridgehead atoms. The lowest BCUT2D eigenvalue weighted by Crippen LogP contribution is -2.31. The van der Waals surface area contributed by atoms with Gasteiger partial charge in [-0.2, -0.15) is 4.39 Å². The number of aromatic nitrogens is 1. The molecule has 6 nitrogen and oxygen atoms in total. The molecule has 1 aromatic heterocycles. The van der Waals surface area contributed by atoms with Gasteiger partial charge in [-0.25, -0.2) is 14.2 Å². The summed E-state index contributed by atoms with van der Waals surface area (Å²) < 4.78 is 43.2. The Bertz CT molecular complexity index is 860. The zero-order chi connectivity index (χ0) is 20.1. The second kappa shape index (κ2) is 8.97. The maximum Gasteiger partial charge on any atom is 0.356 e. The fraction of sp³-hybridized carbons (Fsp3) is 0.400. The van der Waals surface area contributed by atoms with Crippen molar-refractivity contribution in [1.82, 2.24) is 4.98 Å². The van der Waals surface area contributed by atoms with Crippen molar-refractivity contribution in [2.24, 2.45) is 0 Å². The van der Waals surface area contributed by atoms with Crippen LogP contribution in [-0.4, -0.2) is 44.4 Å².